The second-order valence-corrected chi connectivity index (χ2v) is 3.51. The van der Waals surface area contributed by atoms with E-state index in [9.17, 15) is 13.2 Å². The minimum absolute atomic E-state index is 0.129. The smallest absolute Gasteiger partial charge is 0.396 e. The van der Waals surface area contributed by atoms with Gasteiger partial charge in [-0.2, -0.15) is 13.2 Å². The molecule has 0 aliphatic rings. The highest BCUT2D eigenvalue weighted by molar-refractivity contribution is 6.31. The van der Waals surface area contributed by atoms with Crippen molar-refractivity contribution in [1.29, 1.82) is 0 Å². The molecule has 0 amide bonds. The molecule has 0 atom stereocenters. The van der Waals surface area contributed by atoms with Crippen molar-refractivity contribution in [2.24, 2.45) is 0 Å². The van der Waals surface area contributed by atoms with Crippen LogP contribution in [0.5, 0.6) is 0 Å². The molecule has 1 rings (SSSR count). The Morgan fingerprint density at radius 1 is 1.27 bits per heavy atom. The number of rotatable bonds is 3. The first kappa shape index (κ1) is 12.3. The monoisotopic (exact) mass is 238 g/mol. The van der Waals surface area contributed by atoms with Gasteiger partial charge in [0, 0.05) is 6.61 Å². The first-order chi connectivity index (χ1) is 6.96. The number of aliphatic hydroxyl groups is 1. The molecule has 1 aromatic carbocycles. The van der Waals surface area contributed by atoms with E-state index in [1.54, 1.807) is 0 Å². The van der Waals surface area contributed by atoms with Gasteiger partial charge in [-0.25, -0.2) is 0 Å². The maximum atomic E-state index is 12.6. The van der Waals surface area contributed by atoms with Gasteiger partial charge in [0.05, 0.1) is 10.6 Å². The maximum absolute atomic E-state index is 12.6. The first-order valence-corrected chi connectivity index (χ1v) is 4.80. The van der Waals surface area contributed by atoms with E-state index in [4.69, 9.17) is 16.7 Å². The van der Waals surface area contributed by atoms with E-state index in [-0.39, 0.29) is 23.6 Å². The third-order valence-corrected chi connectivity index (χ3v) is 2.30. The van der Waals surface area contributed by atoms with Crippen LogP contribution < -0.4 is 0 Å². The van der Waals surface area contributed by atoms with Crippen molar-refractivity contribution in [1.82, 2.24) is 0 Å². The lowest BCUT2D eigenvalue weighted by molar-refractivity contribution is -0.138. The fourth-order valence-corrected chi connectivity index (χ4v) is 1.67. The number of hydrogen-bond donors (Lipinski definition) is 1. The molecule has 0 unspecified atom stereocenters. The van der Waals surface area contributed by atoms with Gasteiger partial charge in [-0.15, -0.1) is 0 Å². The largest absolute Gasteiger partial charge is 0.418 e. The molecular formula is C10H10ClF3O. The molecule has 1 aromatic rings. The molecule has 0 bridgehead atoms. The molecule has 1 N–H and O–H groups in total. The zero-order valence-corrected chi connectivity index (χ0v) is 8.57. The van der Waals surface area contributed by atoms with E-state index < -0.39 is 11.7 Å². The van der Waals surface area contributed by atoms with Crippen LogP contribution in [0.2, 0.25) is 5.02 Å². The predicted molar refractivity (Wildman–Crippen MR) is 51.9 cm³/mol. The summed E-state index contributed by atoms with van der Waals surface area (Å²) in [4.78, 5) is 0. The van der Waals surface area contributed by atoms with Gasteiger partial charge in [0.25, 0.3) is 0 Å². The van der Waals surface area contributed by atoms with Gasteiger partial charge in [0.15, 0.2) is 0 Å². The average molecular weight is 239 g/mol. The zero-order chi connectivity index (χ0) is 11.5. The molecule has 0 saturated carbocycles. The Hall–Kier alpha value is -0.740. The highest BCUT2D eigenvalue weighted by Gasteiger charge is 2.35. The second kappa shape index (κ2) is 4.86. The molecule has 15 heavy (non-hydrogen) atoms. The summed E-state index contributed by atoms with van der Waals surface area (Å²) in [6.07, 6.45) is -3.97. The number of benzene rings is 1. The van der Waals surface area contributed by atoms with Crippen molar-refractivity contribution in [3.63, 3.8) is 0 Å². The summed E-state index contributed by atoms with van der Waals surface area (Å²) in [6.45, 7) is -0.135. The standard InChI is InChI=1S/C10H10ClF3O/c11-8-5-1-3-7(4-2-6-15)9(8)10(12,13)14/h1,3,5,15H,2,4,6H2. The van der Waals surface area contributed by atoms with Crippen molar-refractivity contribution in [2.75, 3.05) is 6.61 Å². The van der Waals surface area contributed by atoms with E-state index in [1.807, 2.05) is 0 Å². The lowest BCUT2D eigenvalue weighted by Crippen LogP contribution is -2.10. The molecule has 0 aromatic heterocycles. The molecule has 5 heteroatoms. The average Bonchev–Trinajstić information content (AvgIpc) is 2.12. The summed E-state index contributed by atoms with van der Waals surface area (Å²) in [6, 6.07) is 4.07. The summed E-state index contributed by atoms with van der Waals surface area (Å²) in [5.41, 5.74) is -0.663. The van der Waals surface area contributed by atoms with Crippen LogP contribution in [0.1, 0.15) is 17.5 Å². The van der Waals surface area contributed by atoms with Gasteiger partial charge in [-0.1, -0.05) is 23.7 Å². The molecular weight excluding hydrogens is 229 g/mol. The minimum atomic E-state index is -4.44. The molecule has 1 nitrogen and oxygen atoms in total. The second-order valence-electron chi connectivity index (χ2n) is 3.10. The molecule has 0 radical (unpaired) electrons. The van der Waals surface area contributed by atoms with Crippen LogP contribution in [0.25, 0.3) is 0 Å². The number of halogens is 4. The molecule has 84 valence electrons. The van der Waals surface area contributed by atoms with E-state index in [0.29, 0.717) is 6.42 Å². The van der Waals surface area contributed by atoms with E-state index in [1.165, 1.54) is 18.2 Å². The SMILES string of the molecule is OCCCc1cccc(Cl)c1C(F)(F)F. The normalized spacial score (nSPS) is 11.8. The molecule has 0 heterocycles. The first-order valence-electron chi connectivity index (χ1n) is 4.42. The van der Waals surface area contributed by atoms with E-state index in [0.717, 1.165) is 0 Å². The molecule has 0 aliphatic carbocycles. The van der Waals surface area contributed by atoms with Gasteiger partial charge in [0.2, 0.25) is 0 Å². The predicted octanol–water partition coefficient (Wildman–Crippen LogP) is 3.28. The highest BCUT2D eigenvalue weighted by Crippen LogP contribution is 2.37. The van der Waals surface area contributed by atoms with Gasteiger partial charge in [0.1, 0.15) is 0 Å². The molecule has 0 aliphatic heterocycles. The Balaban J connectivity index is 3.09. The van der Waals surface area contributed by atoms with Crippen LogP contribution in [-0.2, 0) is 12.6 Å². The molecule has 0 spiro atoms. The number of hydrogen-bond acceptors (Lipinski definition) is 1. The lowest BCUT2D eigenvalue weighted by Gasteiger charge is -2.13. The molecule has 0 fully saturated rings. The highest BCUT2D eigenvalue weighted by atomic mass is 35.5. The minimum Gasteiger partial charge on any atom is -0.396 e. The van der Waals surface area contributed by atoms with Crippen molar-refractivity contribution in [3.8, 4) is 0 Å². The van der Waals surface area contributed by atoms with Crippen molar-refractivity contribution < 1.29 is 18.3 Å². The van der Waals surface area contributed by atoms with Crippen LogP contribution >= 0.6 is 11.6 Å². The fraction of sp³-hybridized carbons (Fsp3) is 0.400. The Bertz CT molecular complexity index is 336. The van der Waals surface area contributed by atoms with Gasteiger partial charge < -0.3 is 5.11 Å². The third kappa shape index (κ3) is 3.11. The Kier molecular flexibility index (Phi) is 3.99. The Labute approximate surface area is 90.5 Å². The summed E-state index contributed by atoms with van der Waals surface area (Å²) < 4.78 is 37.8. The van der Waals surface area contributed by atoms with Crippen LogP contribution in [0.3, 0.4) is 0 Å². The summed E-state index contributed by atoms with van der Waals surface area (Å²) in [7, 11) is 0. The lowest BCUT2D eigenvalue weighted by atomic mass is 10.0. The van der Waals surface area contributed by atoms with Crippen LogP contribution in [0.15, 0.2) is 18.2 Å². The van der Waals surface area contributed by atoms with Gasteiger partial charge in [-0.3, -0.25) is 0 Å². The Morgan fingerprint density at radius 3 is 2.47 bits per heavy atom. The molecule has 0 saturated heterocycles. The van der Waals surface area contributed by atoms with Gasteiger partial charge >= 0.3 is 6.18 Å². The van der Waals surface area contributed by atoms with Crippen LogP contribution in [-0.4, -0.2) is 11.7 Å². The fourth-order valence-electron chi connectivity index (χ4n) is 1.36. The third-order valence-electron chi connectivity index (χ3n) is 1.99. The van der Waals surface area contributed by atoms with Gasteiger partial charge in [-0.05, 0) is 24.5 Å². The van der Waals surface area contributed by atoms with Crippen LogP contribution in [0.4, 0.5) is 13.2 Å². The van der Waals surface area contributed by atoms with Crippen molar-refractivity contribution >= 4 is 11.6 Å². The topological polar surface area (TPSA) is 20.2 Å². The number of aryl methyl sites for hydroxylation is 1. The van der Waals surface area contributed by atoms with Crippen molar-refractivity contribution in [3.05, 3.63) is 34.3 Å². The summed E-state index contributed by atoms with van der Waals surface area (Å²) >= 11 is 5.51. The van der Waals surface area contributed by atoms with E-state index >= 15 is 0 Å². The summed E-state index contributed by atoms with van der Waals surface area (Å²) in [5, 5.41) is 8.28. The number of alkyl halides is 3. The van der Waals surface area contributed by atoms with E-state index in [2.05, 4.69) is 0 Å². The van der Waals surface area contributed by atoms with Crippen molar-refractivity contribution in [2.45, 2.75) is 19.0 Å². The maximum Gasteiger partial charge on any atom is 0.418 e. The van der Waals surface area contributed by atoms with Crippen LogP contribution in [0, 0.1) is 0 Å². The number of aliphatic hydroxyl groups excluding tert-OH is 1. The summed E-state index contributed by atoms with van der Waals surface area (Å²) in [5.74, 6) is 0. The zero-order valence-electron chi connectivity index (χ0n) is 7.81. The Morgan fingerprint density at radius 2 is 1.93 bits per heavy atom. The quantitative estimate of drug-likeness (QED) is 0.857.